The Labute approximate surface area is 392 Å². The van der Waals surface area contributed by atoms with Crippen LogP contribution in [0.5, 0.6) is 0 Å². The summed E-state index contributed by atoms with van der Waals surface area (Å²) in [6.07, 6.45) is 7.83. The summed E-state index contributed by atoms with van der Waals surface area (Å²) in [6.45, 7) is 0. The van der Waals surface area contributed by atoms with Crippen molar-refractivity contribution >= 4 is 13.3 Å². The highest BCUT2D eigenvalue weighted by molar-refractivity contribution is 6.32. The fraction of sp³-hybridized carbons (Fsp3) is 0. The highest BCUT2D eigenvalue weighted by atomic mass is 14.7. The SMILES string of the molecule is [B]c1ccc(-c2ccc(-c3ccc(-c4ccccc4-c4cc(-c5ccccc5-c5ccc(-c6ccccc6)nc5)cc(-c5ccccc5-c5ccc(-c6ccccc6)nc5)c4)cn3)cn2)cc1. The molecule has 67 heavy (non-hydrogen) atoms. The first-order chi connectivity index (χ1) is 33.1. The van der Waals surface area contributed by atoms with Crippen molar-refractivity contribution in [3.63, 3.8) is 0 Å². The van der Waals surface area contributed by atoms with Crippen LogP contribution in [0.4, 0.5) is 0 Å². The Hall–Kier alpha value is -8.80. The maximum atomic E-state index is 5.92. The van der Waals surface area contributed by atoms with Crippen molar-refractivity contribution in [2.75, 3.05) is 0 Å². The zero-order chi connectivity index (χ0) is 44.9. The van der Waals surface area contributed by atoms with Crippen LogP contribution in [0.15, 0.2) is 249 Å². The molecule has 0 unspecified atom stereocenters. The van der Waals surface area contributed by atoms with Crippen molar-refractivity contribution in [2.24, 2.45) is 0 Å². The molecule has 4 aromatic heterocycles. The number of nitrogens with zero attached hydrogens (tertiary/aromatic N) is 4. The normalized spacial score (nSPS) is 11.0. The van der Waals surface area contributed by atoms with E-state index in [2.05, 4.69) is 158 Å². The number of benzene rings is 7. The molecule has 4 heterocycles. The van der Waals surface area contributed by atoms with E-state index < -0.39 is 0 Å². The predicted molar refractivity (Wildman–Crippen MR) is 277 cm³/mol. The summed E-state index contributed by atoms with van der Waals surface area (Å²) in [5.41, 5.74) is 21.5. The third-order valence-corrected chi connectivity index (χ3v) is 12.3. The fourth-order valence-corrected chi connectivity index (χ4v) is 8.81. The largest absolute Gasteiger partial charge is 0.256 e. The quantitative estimate of drug-likeness (QED) is 0.129. The van der Waals surface area contributed by atoms with Crippen LogP contribution in [0, 0.1) is 0 Å². The molecule has 4 nitrogen and oxygen atoms in total. The first-order valence-corrected chi connectivity index (χ1v) is 22.4. The maximum Gasteiger partial charge on any atom is 0.113 e. The summed E-state index contributed by atoms with van der Waals surface area (Å²) in [6, 6.07) is 78.1. The van der Waals surface area contributed by atoms with E-state index in [1.807, 2.05) is 91.5 Å². The molecule has 7 aromatic carbocycles. The number of aromatic nitrogens is 4. The zero-order valence-electron chi connectivity index (χ0n) is 36.5. The summed E-state index contributed by atoms with van der Waals surface area (Å²) in [7, 11) is 5.92. The van der Waals surface area contributed by atoms with Crippen LogP contribution in [0.2, 0.25) is 0 Å². The Morgan fingerprint density at radius 3 is 0.776 bits per heavy atom. The van der Waals surface area contributed by atoms with Crippen LogP contribution < -0.4 is 5.46 Å². The van der Waals surface area contributed by atoms with E-state index in [1.54, 1.807) is 0 Å². The number of rotatable bonds is 10. The monoisotopic (exact) mass is 852 g/mol. The molecule has 0 aliphatic carbocycles. The van der Waals surface area contributed by atoms with Crippen LogP contribution >= 0.6 is 0 Å². The van der Waals surface area contributed by atoms with E-state index in [9.17, 15) is 0 Å². The van der Waals surface area contributed by atoms with Gasteiger partial charge in [-0.25, -0.2) is 0 Å². The molecule has 2 radical (unpaired) electrons. The molecule has 0 saturated carbocycles. The molecule has 312 valence electrons. The van der Waals surface area contributed by atoms with Gasteiger partial charge >= 0.3 is 0 Å². The van der Waals surface area contributed by atoms with Gasteiger partial charge in [-0.2, -0.15) is 0 Å². The van der Waals surface area contributed by atoms with Crippen molar-refractivity contribution in [2.45, 2.75) is 0 Å². The van der Waals surface area contributed by atoms with Crippen molar-refractivity contribution in [1.82, 2.24) is 19.9 Å². The van der Waals surface area contributed by atoms with E-state index in [1.165, 1.54) is 0 Å². The molecular weight excluding hydrogens is 812 g/mol. The van der Waals surface area contributed by atoms with E-state index in [0.29, 0.717) is 0 Å². The van der Waals surface area contributed by atoms with Crippen LogP contribution in [0.3, 0.4) is 0 Å². The molecule has 0 aliphatic heterocycles. The molecule has 11 aromatic rings. The minimum Gasteiger partial charge on any atom is -0.256 e. The second-order valence-corrected chi connectivity index (χ2v) is 16.5. The molecule has 0 bridgehead atoms. The maximum absolute atomic E-state index is 5.92. The standard InChI is InChI=1S/C62H41BN4/c63-52-29-23-44(24-30-52)61-34-28-48(41-67-61)62-33-27-47(40-66-62)55-19-9-12-22-58(55)51-36-49(56-20-10-7-17-53(56)45-25-31-59(64-38-45)42-13-3-1-4-14-42)35-50(37-51)57-21-11-8-18-54(57)46-26-32-60(65-39-46)43-15-5-2-6-16-43/h1-41H. The molecule has 0 atom stereocenters. The molecule has 5 heteroatoms. The lowest BCUT2D eigenvalue weighted by Gasteiger charge is -2.18. The lowest BCUT2D eigenvalue weighted by molar-refractivity contribution is 1.28. The zero-order valence-corrected chi connectivity index (χ0v) is 36.5. The first-order valence-electron chi connectivity index (χ1n) is 22.4. The minimum atomic E-state index is 0.729. The summed E-state index contributed by atoms with van der Waals surface area (Å²) in [5, 5.41) is 0. The van der Waals surface area contributed by atoms with Crippen molar-refractivity contribution in [1.29, 1.82) is 0 Å². The van der Waals surface area contributed by atoms with Gasteiger partial charge in [-0.1, -0.05) is 181 Å². The summed E-state index contributed by atoms with van der Waals surface area (Å²) in [5.74, 6) is 0. The molecule has 0 spiro atoms. The Balaban J connectivity index is 1.01. The Morgan fingerprint density at radius 2 is 0.463 bits per heavy atom. The van der Waals surface area contributed by atoms with Gasteiger partial charge in [0.2, 0.25) is 0 Å². The van der Waals surface area contributed by atoms with Crippen LogP contribution in [0.1, 0.15) is 0 Å². The molecule has 11 rings (SSSR count). The molecule has 0 fully saturated rings. The number of hydrogen-bond acceptors (Lipinski definition) is 4. The van der Waals surface area contributed by atoms with Crippen molar-refractivity contribution in [3.05, 3.63) is 249 Å². The summed E-state index contributed by atoms with van der Waals surface area (Å²) < 4.78 is 0. The highest BCUT2D eigenvalue weighted by Crippen LogP contribution is 2.42. The number of hydrogen-bond donors (Lipinski definition) is 0. The van der Waals surface area contributed by atoms with Gasteiger partial charge in [0.05, 0.1) is 22.8 Å². The molecular formula is C62H41BN4. The van der Waals surface area contributed by atoms with Gasteiger partial charge < -0.3 is 0 Å². The second kappa shape index (κ2) is 18.4. The van der Waals surface area contributed by atoms with Gasteiger partial charge in [0.25, 0.3) is 0 Å². The molecule has 0 amide bonds. The van der Waals surface area contributed by atoms with E-state index >= 15 is 0 Å². The fourth-order valence-electron chi connectivity index (χ4n) is 8.81. The average molecular weight is 853 g/mol. The van der Waals surface area contributed by atoms with Crippen LogP contribution in [-0.2, 0) is 0 Å². The van der Waals surface area contributed by atoms with Gasteiger partial charge in [0.15, 0.2) is 0 Å². The smallest absolute Gasteiger partial charge is 0.113 e. The van der Waals surface area contributed by atoms with Gasteiger partial charge in [0, 0.05) is 63.7 Å². The highest BCUT2D eigenvalue weighted by Gasteiger charge is 2.17. The Kier molecular flexibility index (Phi) is 11.2. The second-order valence-electron chi connectivity index (χ2n) is 16.5. The van der Waals surface area contributed by atoms with Gasteiger partial charge in [-0.15, -0.1) is 0 Å². The summed E-state index contributed by atoms with van der Waals surface area (Å²) in [4.78, 5) is 19.6. The molecule has 0 aliphatic rings. The van der Waals surface area contributed by atoms with Crippen molar-refractivity contribution in [3.8, 4) is 112 Å². The first kappa shape index (κ1) is 40.9. The predicted octanol–water partition coefficient (Wildman–Crippen LogP) is 14.7. The Bertz CT molecular complexity index is 3320. The summed E-state index contributed by atoms with van der Waals surface area (Å²) >= 11 is 0. The van der Waals surface area contributed by atoms with Crippen LogP contribution in [-0.4, -0.2) is 27.8 Å². The van der Waals surface area contributed by atoms with Crippen LogP contribution in [0.25, 0.3) is 112 Å². The third-order valence-electron chi connectivity index (χ3n) is 12.3. The Morgan fingerprint density at radius 1 is 0.209 bits per heavy atom. The molecule has 0 saturated heterocycles. The average Bonchev–Trinajstić information content (AvgIpc) is 3.42. The third kappa shape index (κ3) is 8.62. The van der Waals surface area contributed by atoms with E-state index in [0.717, 1.165) is 117 Å². The topological polar surface area (TPSA) is 51.6 Å². The molecule has 0 N–H and O–H groups in total. The lowest BCUT2D eigenvalue weighted by atomic mass is 9.86. The van der Waals surface area contributed by atoms with Crippen molar-refractivity contribution < 1.29 is 0 Å². The van der Waals surface area contributed by atoms with Gasteiger partial charge in [-0.05, 0) is 98.6 Å². The van der Waals surface area contributed by atoms with E-state index in [4.69, 9.17) is 27.8 Å². The lowest BCUT2D eigenvalue weighted by Crippen LogP contribution is -1.99. The minimum absolute atomic E-state index is 0.729. The van der Waals surface area contributed by atoms with E-state index in [-0.39, 0.29) is 0 Å². The van der Waals surface area contributed by atoms with Gasteiger partial charge in [-0.3, -0.25) is 19.9 Å². The van der Waals surface area contributed by atoms with Gasteiger partial charge in [0.1, 0.15) is 7.85 Å². The number of pyridine rings is 4.